The second kappa shape index (κ2) is 15.8. The van der Waals surface area contributed by atoms with Gasteiger partial charge >= 0.3 is 12.7 Å². The third-order valence-electron chi connectivity index (χ3n) is 8.28. The standard InChI is InChI=1S/C40H32F6N4O3/c1-3-25-21-47-37(48-22-25)31-9-5-27(6-10-31)35(29-13-17-33(18-14-29)52-39(41,42)43)51-36(30-15-19-34(20-16-30)53-40(44,45)46)28-7-11-32(12-8-28)38-49-23-26(4-2)24-50-38/h5-24,35-36H,3-4H2,1-2H3. The first kappa shape index (κ1) is 37.0. The van der Waals surface area contributed by atoms with E-state index < -0.39 is 36.4 Å². The van der Waals surface area contributed by atoms with Gasteiger partial charge in [-0.15, -0.1) is 26.3 Å². The van der Waals surface area contributed by atoms with Crippen molar-refractivity contribution in [2.75, 3.05) is 0 Å². The summed E-state index contributed by atoms with van der Waals surface area (Å²) < 4.78 is 92.9. The van der Waals surface area contributed by atoms with E-state index in [0.717, 1.165) is 35.1 Å². The average Bonchev–Trinajstić information content (AvgIpc) is 3.15. The van der Waals surface area contributed by atoms with Crippen LogP contribution in [-0.2, 0) is 17.6 Å². The largest absolute Gasteiger partial charge is 0.573 e. The highest BCUT2D eigenvalue weighted by molar-refractivity contribution is 5.57. The van der Waals surface area contributed by atoms with Crippen molar-refractivity contribution < 1.29 is 40.6 Å². The lowest BCUT2D eigenvalue weighted by Gasteiger charge is -2.27. The van der Waals surface area contributed by atoms with Crippen molar-refractivity contribution in [1.82, 2.24) is 19.9 Å². The molecule has 0 spiro atoms. The molecule has 0 aliphatic rings. The number of aromatic nitrogens is 4. The van der Waals surface area contributed by atoms with E-state index in [-0.39, 0.29) is 0 Å². The summed E-state index contributed by atoms with van der Waals surface area (Å²) in [6.07, 6.45) is -2.96. The van der Waals surface area contributed by atoms with E-state index in [1.165, 1.54) is 48.5 Å². The maximum Gasteiger partial charge on any atom is 0.573 e. The quantitative estimate of drug-likeness (QED) is 0.116. The number of hydrogen-bond donors (Lipinski definition) is 0. The molecule has 272 valence electrons. The summed E-state index contributed by atoms with van der Waals surface area (Å²) in [5.74, 6) is 0.189. The molecule has 7 nitrogen and oxygen atoms in total. The smallest absolute Gasteiger partial charge is 0.406 e. The monoisotopic (exact) mass is 730 g/mol. The highest BCUT2D eigenvalue weighted by Gasteiger charge is 2.32. The molecule has 2 aromatic heterocycles. The molecule has 0 N–H and O–H groups in total. The molecular weight excluding hydrogens is 698 g/mol. The Morgan fingerprint density at radius 2 is 0.736 bits per heavy atom. The number of benzene rings is 4. The average molecular weight is 731 g/mol. The predicted octanol–water partition coefficient (Wildman–Crippen LogP) is 10.4. The zero-order valence-corrected chi connectivity index (χ0v) is 28.4. The van der Waals surface area contributed by atoms with Gasteiger partial charge in [-0.05, 0) is 70.5 Å². The van der Waals surface area contributed by atoms with Gasteiger partial charge in [-0.25, -0.2) is 19.9 Å². The summed E-state index contributed by atoms with van der Waals surface area (Å²) in [7, 11) is 0. The zero-order valence-electron chi connectivity index (χ0n) is 28.4. The number of hydrogen-bond acceptors (Lipinski definition) is 7. The molecule has 0 aliphatic carbocycles. The van der Waals surface area contributed by atoms with Crippen molar-refractivity contribution in [2.24, 2.45) is 0 Å². The Kier molecular flexibility index (Phi) is 11.0. The second-order valence-corrected chi connectivity index (χ2v) is 11.9. The fourth-order valence-corrected chi connectivity index (χ4v) is 5.51. The van der Waals surface area contributed by atoms with Gasteiger partial charge in [-0.1, -0.05) is 86.6 Å². The van der Waals surface area contributed by atoms with Crippen LogP contribution in [0.15, 0.2) is 122 Å². The number of aryl methyl sites for hydroxylation is 2. The first-order chi connectivity index (χ1) is 25.4. The van der Waals surface area contributed by atoms with Crippen molar-refractivity contribution in [3.05, 3.63) is 155 Å². The van der Waals surface area contributed by atoms with Gasteiger partial charge in [-0.2, -0.15) is 0 Å². The lowest BCUT2D eigenvalue weighted by atomic mass is 9.96. The Morgan fingerprint density at radius 1 is 0.453 bits per heavy atom. The molecule has 0 aliphatic heterocycles. The number of ether oxygens (including phenoxy) is 3. The Hall–Kier alpha value is -5.82. The van der Waals surface area contributed by atoms with E-state index in [9.17, 15) is 26.3 Å². The van der Waals surface area contributed by atoms with Crippen molar-refractivity contribution in [3.8, 4) is 34.3 Å². The fraction of sp³-hybridized carbons (Fsp3) is 0.200. The van der Waals surface area contributed by atoms with E-state index in [1.54, 1.807) is 49.1 Å². The highest BCUT2D eigenvalue weighted by atomic mass is 19.4. The minimum Gasteiger partial charge on any atom is -0.406 e. The Morgan fingerprint density at radius 3 is 1.00 bits per heavy atom. The SMILES string of the molecule is CCc1cnc(-c2ccc(C(OC(c3ccc(OC(F)(F)F)cc3)c3ccc(-c4ncc(CC)cn4)cc3)c3ccc(OC(F)(F)F)cc3)cc2)nc1. The van der Waals surface area contributed by atoms with Crippen LogP contribution in [-0.4, -0.2) is 32.7 Å². The molecule has 0 amide bonds. The molecule has 0 fully saturated rings. The third-order valence-corrected chi connectivity index (χ3v) is 8.28. The van der Waals surface area contributed by atoms with Crippen molar-refractivity contribution >= 4 is 0 Å². The van der Waals surface area contributed by atoms with Crippen molar-refractivity contribution in [3.63, 3.8) is 0 Å². The fourth-order valence-electron chi connectivity index (χ4n) is 5.51. The van der Waals surface area contributed by atoms with Gasteiger partial charge in [0.2, 0.25) is 0 Å². The summed E-state index contributed by atoms with van der Waals surface area (Å²) in [5.41, 5.74) is 5.65. The van der Waals surface area contributed by atoms with Crippen LogP contribution in [0.1, 0.15) is 59.4 Å². The first-order valence-corrected chi connectivity index (χ1v) is 16.6. The first-order valence-electron chi connectivity index (χ1n) is 16.6. The lowest BCUT2D eigenvalue weighted by Crippen LogP contribution is -2.17. The van der Waals surface area contributed by atoms with E-state index in [0.29, 0.717) is 33.9 Å². The van der Waals surface area contributed by atoms with Gasteiger partial charge in [0.05, 0.1) is 0 Å². The van der Waals surface area contributed by atoms with Crippen LogP contribution in [0.2, 0.25) is 0 Å². The minimum atomic E-state index is -4.88. The Labute approximate surface area is 301 Å². The van der Waals surface area contributed by atoms with Gasteiger partial charge < -0.3 is 14.2 Å². The third kappa shape index (κ3) is 9.74. The Bertz CT molecular complexity index is 1920. The van der Waals surface area contributed by atoms with E-state index in [4.69, 9.17) is 4.74 Å². The minimum absolute atomic E-state index is 0.412. The molecule has 0 saturated heterocycles. The maximum atomic E-state index is 13.0. The Balaban J connectivity index is 1.39. The van der Waals surface area contributed by atoms with Crippen LogP contribution in [0.5, 0.6) is 11.5 Å². The number of halogens is 6. The van der Waals surface area contributed by atoms with Crippen molar-refractivity contribution in [1.29, 1.82) is 0 Å². The normalized spacial score (nSPS) is 13.0. The molecule has 4 aromatic carbocycles. The van der Waals surface area contributed by atoms with Crippen LogP contribution in [0.3, 0.4) is 0 Å². The second-order valence-electron chi connectivity index (χ2n) is 11.9. The molecule has 0 bridgehead atoms. The molecule has 2 unspecified atom stereocenters. The molecule has 0 radical (unpaired) electrons. The van der Waals surface area contributed by atoms with Gasteiger partial charge in [0.1, 0.15) is 23.7 Å². The predicted molar refractivity (Wildman–Crippen MR) is 185 cm³/mol. The van der Waals surface area contributed by atoms with Gasteiger partial charge in [0, 0.05) is 35.9 Å². The van der Waals surface area contributed by atoms with E-state index in [2.05, 4.69) is 29.4 Å². The molecule has 2 heterocycles. The van der Waals surface area contributed by atoms with Gasteiger partial charge in [0.15, 0.2) is 11.6 Å². The topological polar surface area (TPSA) is 79.2 Å². The highest BCUT2D eigenvalue weighted by Crippen LogP contribution is 2.39. The molecule has 0 saturated carbocycles. The molecule has 2 atom stereocenters. The van der Waals surface area contributed by atoms with Gasteiger partial charge in [-0.3, -0.25) is 0 Å². The van der Waals surface area contributed by atoms with Crippen LogP contribution >= 0.6 is 0 Å². The number of rotatable bonds is 12. The summed E-state index contributed by atoms with van der Waals surface area (Å²) >= 11 is 0. The maximum absolute atomic E-state index is 13.0. The van der Waals surface area contributed by atoms with E-state index >= 15 is 0 Å². The molecule has 6 aromatic rings. The van der Waals surface area contributed by atoms with Gasteiger partial charge in [0.25, 0.3) is 0 Å². The van der Waals surface area contributed by atoms with Crippen LogP contribution in [0, 0.1) is 0 Å². The van der Waals surface area contributed by atoms with E-state index in [1.807, 2.05) is 38.1 Å². The van der Waals surface area contributed by atoms with Crippen LogP contribution < -0.4 is 9.47 Å². The van der Waals surface area contributed by atoms with Crippen LogP contribution in [0.25, 0.3) is 22.8 Å². The molecule has 13 heteroatoms. The van der Waals surface area contributed by atoms with Crippen molar-refractivity contribution in [2.45, 2.75) is 51.6 Å². The summed E-state index contributed by atoms with van der Waals surface area (Å²) in [6.45, 7) is 4.00. The van der Waals surface area contributed by atoms with Crippen LogP contribution in [0.4, 0.5) is 26.3 Å². The molecular formula is C40H32F6N4O3. The molecule has 53 heavy (non-hydrogen) atoms. The summed E-state index contributed by atoms with van der Waals surface area (Å²) in [6, 6.07) is 25.0. The summed E-state index contributed by atoms with van der Waals surface area (Å²) in [4.78, 5) is 17.8. The zero-order chi connectivity index (χ0) is 37.6. The summed E-state index contributed by atoms with van der Waals surface area (Å²) in [5, 5.41) is 0. The lowest BCUT2D eigenvalue weighted by molar-refractivity contribution is -0.275. The number of nitrogens with zero attached hydrogens (tertiary/aromatic N) is 4. The number of alkyl halides is 6. The molecule has 6 rings (SSSR count).